The molecule has 2 aliphatic rings. The molecule has 25 heavy (non-hydrogen) atoms. The van der Waals surface area contributed by atoms with Crippen LogP contribution in [0.25, 0.3) is 0 Å². The minimum absolute atomic E-state index is 0.154. The van der Waals surface area contributed by atoms with E-state index in [-0.39, 0.29) is 12.2 Å². The lowest BCUT2D eigenvalue weighted by molar-refractivity contribution is 0.0264. The summed E-state index contributed by atoms with van der Waals surface area (Å²) in [6.07, 6.45) is 6.08. The van der Waals surface area contributed by atoms with Crippen molar-refractivity contribution in [3.63, 3.8) is 0 Å². The number of nitrogens with two attached hydrogens (primary N) is 1. The number of hydrogen-bond donors (Lipinski definition) is 2. The lowest BCUT2D eigenvalue weighted by Crippen LogP contribution is -2.53. The van der Waals surface area contributed by atoms with E-state index in [1.807, 2.05) is 11.8 Å². The Balaban J connectivity index is 1.71. The van der Waals surface area contributed by atoms with E-state index in [4.69, 9.17) is 15.9 Å². The van der Waals surface area contributed by atoms with Crippen molar-refractivity contribution in [3.05, 3.63) is 0 Å². The molecule has 2 fully saturated rings. The number of piperazine rings is 1. The van der Waals surface area contributed by atoms with Crippen LogP contribution in [0.15, 0.2) is 4.99 Å². The lowest BCUT2D eigenvalue weighted by Gasteiger charge is -2.42. The van der Waals surface area contributed by atoms with Crippen molar-refractivity contribution in [3.8, 4) is 0 Å². The van der Waals surface area contributed by atoms with Gasteiger partial charge in [0, 0.05) is 52.2 Å². The molecule has 1 amide bonds. The summed E-state index contributed by atoms with van der Waals surface area (Å²) >= 11 is 0. The van der Waals surface area contributed by atoms with Crippen molar-refractivity contribution in [2.75, 3.05) is 39.8 Å². The van der Waals surface area contributed by atoms with E-state index in [9.17, 15) is 4.79 Å². The Morgan fingerprint density at radius 3 is 2.60 bits per heavy atom. The van der Waals surface area contributed by atoms with E-state index in [1.165, 1.54) is 24.2 Å². The fraction of sp³-hybridized carbons (Fsp3) is 0.824. The summed E-state index contributed by atoms with van der Waals surface area (Å²) < 4.78 is 5.64. The van der Waals surface area contributed by atoms with Gasteiger partial charge in [-0.3, -0.25) is 15.3 Å². The first-order chi connectivity index (χ1) is 12.0. The van der Waals surface area contributed by atoms with Crippen molar-refractivity contribution >= 4 is 18.4 Å². The van der Waals surface area contributed by atoms with Crippen LogP contribution < -0.4 is 5.73 Å². The molecule has 0 spiro atoms. The van der Waals surface area contributed by atoms with Crippen LogP contribution in [0.1, 0.15) is 39.0 Å². The van der Waals surface area contributed by atoms with E-state index in [2.05, 4.69) is 9.89 Å². The van der Waals surface area contributed by atoms with Crippen LogP contribution in [-0.4, -0.2) is 85.0 Å². The SMILES string of the molecule is CCC(CCN=C(N)N(C)C=N)OC(=O)N1CCN(C2CCC2)CC1. The Hall–Kier alpha value is -1.83. The van der Waals surface area contributed by atoms with Crippen molar-refractivity contribution < 1.29 is 9.53 Å². The Morgan fingerprint density at radius 1 is 1.40 bits per heavy atom. The maximum atomic E-state index is 12.4. The van der Waals surface area contributed by atoms with Gasteiger partial charge in [0.05, 0.1) is 6.34 Å². The van der Waals surface area contributed by atoms with Crippen LogP contribution >= 0.6 is 0 Å². The Labute approximate surface area is 150 Å². The molecular formula is C17H32N6O2. The topological polar surface area (TPSA) is 98.2 Å². The van der Waals surface area contributed by atoms with E-state index >= 15 is 0 Å². The first-order valence-corrected chi connectivity index (χ1v) is 9.28. The van der Waals surface area contributed by atoms with Crippen molar-refractivity contribution in [1.82, 2.24) is 14.7 Å². The Kier molecular flexibility index (Phi) is 7.49. The quantitative estimate of drug-likeness (QED) is 0.532. The standard InChI is InChI=1S/C17H32N6O2/c1-3-15(7-8-20-16(19)21(2)13-18)25-17(24)23-11-9-22(10-12-23)14-5-4-6-14/h13-15,18H,3-12H2,1-2H3,(H2,19,20). The van der Waals surface area contributed by atoms with Gasteiger partial charge in [-0.1, -0.05) is 13.3 Å². The highest BCUT2D eigenvalue weighted by Crippen LogP contribution is 2.25. The zero-order chi connectivity index (χ0) is 18.2. The molecule has 0 aromatic carbocycles. The van der Waals surface area contributed by atoms with Crippen LogP contribution in [0.5, 0.6) is 0 Å². The molecule has 0 bridgehead atoms. The number of amides is 1. The summed E-state index contributed by atoms with van der Waals surface area (Å²) in [6.45, 7) is 5.89. The highest BCUT2D eigenvalue weighted by molar-refractivity contribution is 5.87. The van der Waals surface area contributed by atoms with Gasteiger partial charge in [0.25, 0.3) is 0 Å². The van der Waals surface area contributed by atoms with E-state index in [1.54, 1.807) is 7.05 Å². The van der Waals surface area contributed by atoms with E-state index in [0.717, 1.165) is 45.0 Å². The summed E-state index contributed by atoms with van der Waals surface area (Å²) in [5, 5.41) is 7.12. The summed E-state index contributed by atoms with van der Waals surface area (Å²) in [6, 6.07) is 0.740. The maximum Gasteiger partial charge on any atom is 0.410 e. The van der Waals surface area contributed by atoms with Crippen LogP contribution in [0.3, 0.4) is 0 Å². The van der Waals surface area contributed by atoms with E-state index in [0.29, 0.717) is 18.9 Å². The van der Waals surface area contributed by atoms with Gasteiger partial charge in [-0.25, -0.2) is 4.79 Å². The molecule has 0 aromatic rings. The molecule has 2 rings (SSSR count). The number of aliphatic imine (C=N–C) groups is 1. The highest BCUT2D eigenvalue weighted by Gasteiger charge is 2.30. The number of rotatable bonds is 7. The molecule has 1 saturated heterocycles. The Bertz CT molecular complexity index is 472. The average Bonchev–Trinajstić information content (AvgIpc) is 2.58. The number of guanidine groups is 1. The largest absolute Gasteiger partial charge is 0.446 e. The zero-order valence-corrected chi connectivity index (χ0v) is 15.5. The first-order valence-electron chi connectivity index (χ1n) is 9.28. The summed E-state index contributed by atoms with van der Waals surface area (Å²) in [5.41, 5.74) is 5.73. The number of ether oxygens (including phenoxy) is 1. The molecule has 1 heterocycles. The second kappa shape index (κ2) is 9.60. The molecule has 1 aliphatic heterocycles. The van der Waals surface area contributed by atoms with Crippen LogP contribution in [0.2, 0.25) is 0 Å². The third kappa shape index (κ3) is 5.59. The van der Waals surface area contributed by atoms with Gasteiger partial charge in [-0.05, 0) is 19.3 Å². The van der Waals surface area contributed by atoms with Crippen molar-refractivity contribution in [2.24, 2.45) is 10.7 Å². The molecule has 8 nitrogen and oxygen atoms in total. The monoisotopic (exact) mass is 352 g/mol. The molecular weight excluding hydrogens is 320 g/mol. The number of nitrogens with one attached hydrogen (secondary N) is 1. The first kappa shape index (κ1) is 19.5. The van der Waals surface area contributed by atoms with Crippen molar-refractivity contribution in [2.45, 2.75) is 51.2 Å². The fourth-order valence-electron chi connectivity index (χ4n) is 3.09. The highest BCUT2D eigenvalue weighted by atomic mass is 16.6. The second-order valence-electron chi connectivity index (χ2n) is 6.79. The molecule has 1 aliphatic carbocycles. The summed E-state index contributed by atoms with van der Waals surface area (Å²) in [5.74, 6) is 0.295. The van der Waals surface area contributed by atoms with Gasteiger partial charge in [0.15, 0.2) is 5.96 Å². The number of nitrogens with zero attached hydrogens (tertiary/aromatic N) is 4. The average molecular weight is 352 g/mol. The number of carbonyl (C=O) groups excluding carboxylic acids is 1. The zero-order valence-electron chi connectivity index (χ0n) is 15.5. The molecule has 1 atom stereocenters. The third-order valence-electron chi connectivity index (χ3n) is 5.17. The molecule has 0 radical (unpaired) electrons. The third-order valence-corrected chi connectivity index (χ3v) is 5.17. The predicted octanol–water partition coefficient (Wildman–Crippen LogP) is 1.32. The lowest BCUT2D eigenvalue weighted by atomic mass is 9.91. The summed E-state index contributed by atoms with van der Waals surface area (Å²) in [7, 11) is 1.67. The maximum absolute atomic E-state index is 12.4. The van der Waals surface area contributed by atoms with E-state index < -0.39 is 0 Å². The fourth-order valence-corrected chi connectivity index (χ4v) is 3.09. The van der Waals surface area contributed by atoms with Gasteiger partial charge in [0.2, 0.25) is 0 Å². The summed E-state index contributed by atoms with van der Waals surface area (Å²) in [4.78, 5) is 22.3. The predicted molar refractivity (Wildman–Crippen MR) is 99.0 cm³/mol. The molecule has 3 N–H and O–H groups in total. The minimum Gasteiger partial charge on any atom is -0.446 e. The Morgan fingerprint density at radius 2 is 2.08 bits per heavy atom. The van der Waals surface area contributed by atoms with Crippen molar-refractivity contribution in [1.29, 1.82) is 5.41 Å². The second-order valence-corrected chi connectivity index (χ2v) is 6.79. The molecule has 8 heteroatoms. The van der Waals surface area contributed by atoms with Crippen LogP contribution in [0, 0.1) is 5.41 Å². The number of hydrogen-bond acceptors (Lipinski definition) is 5. The minimum atomic E-state index is -0.214. The molecule has 1 unspecified atom stereocenters. The normalized spacial score (nSPS) is 20.7. The van der Waals surface area contributed by atoms with Crippen LogP contribution in [0.4, 0.5) is 4.79 Å². The van der Waals surface area contributed by atoms with Gasteiger partial charge in [0.1, 0.15) is 6.10 Å². The van der Waals surface area contributed by atoms with Gasteiger partial charge >= 0.3 is 6.09 Å². The number of carbonyl (C=O) groups is 1. The molecule has 142 valence electrons. The van der Waals surface area contributed by atoms with Gasteiger partial charge in [-0.2, -0.15) is 0 Å². The molecule has 1 saturated carbocycles. The van der Waals surface area contributed by atoms with Crippen LogP contribution in [-0.2, 0) is 4.74 Å². The van der Waals surface area contributed by atoms with Gasteiger partial charge in [-0.15, -0.1) is 0 Å². The van der Waals surface area contributed by atoms with Gasteiger partial charge < -0.3 is 20.3 Å². The smallest absolute Gasteiger partial charge is 0.410 e. The molecule has 0 aromatic heterocycles.